The predicted octanol–water partition coefficient (Wildman–Crippen LogP) is 2.95. The summed E-state index contributed by atoms with van der Waals surface area (Å²) in [5.74, 6) is 0.684. The number of carbonyl (C=O) groups excluding carboxylic acids is 1. The number of aromatic nitrogens is 4. The van der Waals surface area contributed by atoms with Crippen molar-refractivity contribution in [2.75, 3.05) is 13.1 Å². The van der Waals surface area contributed by atoms with Crippen LogP contribution in [0.2, 0.25) is 0 Å². The van der Waals surface area contributed by atoms with Crippen molar-refractivity contribution in [2.24, 2.45) is 0 Å². The molecule has 0 spiro atoms. The maximum Gasteiger partial charge on any atom is 0.262 e. The van der Waals surface area contributed by atoms with E-state index < -0.39 is 0 Å². The first-order valence-electron chi connectivity index (χ1n) is 9.94. The molecule has 0 saturated carbocycles. The number of hydrogen-bond acceptors (Lipinski definition) is 5. The van der Waals surface area contributed by atoms with Crippen LogP contribution in [0.5, 0.6) is 0 Å². The van der Waals surface area contributed by atoms with Gasteiger partial charge in [-0.3, -0.25) is 18.6 Å². The van der Waals surface area contributed by atoms with Crippen LogP contribution >= 0.6 is 11.8 Å². The summed E-state index contributed by atoms with van der Waals surface area (Å²) in [5, 5.41) is 9.72. The molecule has 0 unspecified atom stereocenters. The lowest BCUT2D eigenvalue weighted by Crippen LogP contribution is -2.34. The number of para-hydroxylation sites is 1. The molecule has 4 rings (SSSR count). The van der Waals surface area contributed by atoms with Crippen LogP contribution in [-0.2, 0) is 11.3 Å². The molecule has 1 aliphatic rings. The van der Waals surface area contributed by atoms with Crippen molar-refractivity contribution < 1.29 is 4.79 Å². The summed E-state index contributed by atoms with van der Waals surface area (Å²) in [4.78, 5) is 27.6. The molecule has 148 valence electrons. The molecule has 1 aliphatic heterocycles. The van der Waals surface area contributed by atoms with E-state index in [1.165, 1.54) is 11.8 Å². The third-order valence-electron chi connectivity index (χ3n) is 5.26. The molecule has 8 heteroatoms. The van der Waals surface area contributed by atoms with Gasteiger partial charge in [0.05, 0.1) is 16.2 Å². The van der Waals surface area contributed by atoms with Gasteiger partial charge in [0.1, 0.15) is 0 Å². The summed E-state index contributed by atoms with van der Waals surface area (Å²) < 4.78 is 3.63. The van der Waals surface area contributed by atoms with Crippen LogP contribution in [0.15, 0.2) is 34.2 Å². The third kappa shape index (κ3) is 3.30. The molecule has 1 fully saturated rings. The quantitative estimate of drug-likeness (QED) is 0.596. The lowest BCUT2D eigenvalue weighted by molar-refractivity contribution is -0.129. The Labute approximate surface area is 167 Å². The minimum atomic E-state index is -0.250. The standard InChI is InChI=1S/C20H25N5O2S/c1-3-4-13-24-18(27)15-9-5-6-10-16(15)25-19(24)21-22-20(25)28-14(2)17(26)23-11-7-8-12-23/h5-6,9-10,14H,3-4,7-8,11-13H2,1-2H3/t14-/m1/s1. The molecule has 7 nitrogen and oxygen atoms in total. The van der Waals surface area contributed by atoms with Crippen LogP contribution in [0.25, 0.3) is 16.7 Å². The van der Waals surface area contributed by atoms with Gasteiger partial charge in [0, 0.05) is 19.6 Å². The maximum atomic E-state index is 13.0. The van der Waals surface area contributed by atoms with E-state index >= 15 is 0 Å². The highest BCUT2D eigenvalue weighted by Gasteiger charge is 2.26. The largest absolute Gasteiger partial charge is 0.342 e. The number of thioether (sulfide) groups is 1. The van der Waals surface area contributed by atoms with E-state index in [4.69, 9.17) is 0 Å². The van der Waals surface area contributed by atoms with Crippen molar-refractivity contribution in [1.29, 1.82) is 0 Å². The molecular weight excluding hydrogens is 374 g/mol. The minimum absolute atomic E-state index is 0.0401. The van der Waals surface area contributed by atoms with Crippen LogP contribution in [0.3, 0.4) is 0 Å². The van der Waals surface area contributed by atoms with E-state index in [9.17, 15) is 9.59 Å². The molecule has 0 bridgehead atoms. The zero-order valence-electron chi connectivity index (χ0n) is 16.3. The topological polar surface area (TPSA) is 72.5 Å². The number of benzene rings is 1. The fraction of sp³-hybridized carbons (Fsp3) is 0.500. The normalized spacial score (nSPS) is 15.6. The Morgan fingerprint density at radius 2 is 1.96 bits per heavy atom. The van der Waals surface area contributed by atoms with Gasteiger partial charge in [-0.2, -0.15) is 0 Å². The van der Waals surface area contributed by atoms with Crippen LogP contribution in [0, 0.1) is 0 Å². The van der Waals surface area contributed by atoms with E-state index in [1.807, 2.05) is 40.5 Å². The first kappa shape index (κ1) is 19.0. The first-order chi connectivity index (χ1) is 13.6. The molecule has 1 atom stereocenters. The van der Waals surface area contributed by atoms with Gasteiger partial charge in [-0.25, -0.2) is 0 Å². The van der Waals surface area contributed by atoms with Gasteiger partial charge < -0.3 is 4.90 Å². The Bertz CT molecular complexity index is 1070. The zero-order valence-corrected chi connectivity index (χ0v) is 17.1. The first-order valence-corrected chi connectivity index (χ1v) is 10.8. The number of carbonyl (C=O) groups is 1. The fourth-order valence-electron chi connectivity index (χ4n) is 3.73. The SMILES string of the molecule is CCCCn1c(=O)c2ccccc2n2c(S[C@H](C)C(=O)N3CCCC3)nnc12. The number of likely N-dealkylation sites (tertiary alicyclic amines) is 1. The monoisotopic (exact) mass is 399 g/mol. The molecule has 28 heavy (non-hydrogen) atoms. The Morgan fingerprint density at radius 1 is 1.21 bits per heavy atom. The van der Waals surface area contributed by atoms with Crippen LogP contribution in [0.1, 0.15) is 39.5 Å². The number of amides is 1. The molecule has 3 aromatic rings. The molecule has 1 saturated heterocycles. The second-order valence-electron chi connectivity index (χ2n) is 7.24. The highest BCUT2D eigenvalue weighted by Crippen LogP contribution is 2.27. The predicted molar refractivity (Wildman–Crippen MR) is 111 cm³/mol. The van der Waals surface area contributed by atoms with Crippen molar-refractivity contribution in [2.45, 2.75) is 56.5 Å². The number of rotatable bonds is 6. The van der Waals surface area contributed by atoms with Crippen molar-refractivity contribution in [3.63, 3.8) is 0 Å². The number of fused-ring (bicyclic) bond motifs is 3. The van der Waals surface area contributed by atoms with Gasteiger partial charge in [-0.1, -0.05) is 37.2 Å². The van der Waals surface area contributed by atoms with E-state index in [0.29, 0.717) is 22.9 Å². The molecule has 2 aromatic heterocycles. The van der Waals surface area contributed by atoms with Crippen LogP contribution in [-0.4, -0.2) is 48.3 Å². The molecule has 0 aliphatic carbocycles. The highest BCUT2D eigenvalue weighted by atomic mass is 32.2. The van der Waals surface area contributed by atoms with Gasteiger partial charge in [0.25, 0.3) is 5.56 Å². The highest BCUT2D eigenvalue weighted by molar-refractivity contribution is 8.00. The van der Waals surface area contributed by atoms with Crippen molar-refractivity contribution >= 4 is 34.3 Å². The molecule has 1 aromatic carbocycles. The summed E-state index contributed by atoms with van der Waals surface area (Å²) in [7, 11) is 0. The maximum absolute atomic E-state index is 13.0. The molecular formula is C20H25N5O2S. The molecule has 1 amide bonds. The van der Waals surface area contributed by atoms with E-state index in [0.717, 1.165) is 44.3 Å². The van der Waals surface area contributed by atoms with Crippen LogP contribution < -0.4 is 5.56 Å². The third-order valence-corrected chi connectivity index (χ3v) is 6.29. The number of nitrogens with zero attached hydrogens (tertiary/aromatic N) is 5. The lowest BCUT2D eigenvalue weighted by Gasteiger charge is -2.19. The van der Waals surface area contributed by atoms with Gasteiger partial charge in [-0.05, 0) is 38.3 Å². The number of hydrogen-bond donors (Lipinski definition) is 0. The summed E-state index contributed by atoms with van der Waals surface area (Å²) >= 11 is 1.41. The van der Waals surface area contributed by atoms with E-state index in [-0.39, 0.29) is 16.7 Å². The molecule has 0 N–H and O–H groups in total. The average Bonchev–Trinajstić information content (AvgIpc) is 3.38. The Balaban J connectivity index is 1.78. The van der Waals surface area contributed by atoms with Crippen molar-refractivity contribution in [3.05, 3.63) is 34.6 Å². The lowest BCUT2D eigenvalue weighted by atomic mass is 10.2. The van der Waals surface area contributed by atoms with Crippen molar-refractivity contribution in [3.8, 4) is 0 Å². The van der Waals surface area contributed by atoms with Gasteiger partial charge in [-0.15, -0.1) is 10.2 Å². The average molecular weight is 400 g/mol. The van der Waals surface area contributed by atoms with Gasteiger partial charge in [0.2, 0.25) is 11.7 Å². The minimum Gasteiger partial charge on any atom is -0.342 e. The van der Waals surface area contributed by atoms with Gasteiger partial charge >= 0.3 is 0 Å². The number of aryl methyl sites for hydroxylation is 1. The zero-order chi connectivity index (χ0) is 19.7. The van der Waals surface area contributed by atoms with Crippen LogP contribution in [0.4, 0.5) is 0 Å². The fourth-order valence-corrected chi connectivity index (χ4v) is 4.67. The molecule has 3 heterocycles. The van der Waals surface area contributed by atoms with Gasteiger partial charge in [0.15, 0.2) is 5.16 Å². The molecule has 0 radical (unpaired) electrons. The smallest absolute Gasteiger partial charge is 0.262 e. The number of unbranched alkanes of at least 4 members (excludes halogenated alkanes) is 1. The van der Waals surface area contributed by atoms with E-state index in [2.05, 4.69) is 17.1 Å². The second kappa shape index (κ2) is 7.95. The Morgan fingerprint density at radius 3 is 2.71 bits per heavy atom. The summed E-state index contributed by atoms with van der Waals surface area (Å²) in [6, 6.07) is 7.53. The van der Waals surface area contributed by atoms with Crippen molar-refractivity contribution in [1.82, 2.24) is 24.1 Å². The van der Waals surface area contributed by atoms with E-state index in [1.54, 1.807) is 4.57 Å². The second-order valence-corrected chi connectivity index (χ2v) is 8.55. The summed E-state index contributed by atoms with van der Waals surface area (Å²) in [6.07, 6.45) is 4.03. The Kier molecular flexibility index (Phi) is 5.39. The Hall–Kier alpha value is -2.35. The summed E-state index contributed by atoms with van der Waals surface area (Å²) in [5.41, 5.74) is 0.741. The summed E-state index contributed by atoms with van der Waals surface area (Å²) in [6.45, 7) is 6.30.